The number of benzene rings is 6. The SMILES string of the molecule is CCOc1cc(OCCCS(=O)(=O)O)ccc1N=Nc1cc(OCCCS(=O)(=O)O)c(N=Nc2ccc(NC(=O)Nc3ccc(N=Nc4cc(C)c(N=Nc5ccc(OCCCS(=O)(=O)O)cc5OCC)cc4OCCCS(=O)(=O)O)c(C)c3)cc2C)cc1C. The highest BCUT2D eigenvalue weighted by atomic mass is 32.2. The van der Waals surface area contributed by atoms with E-state index in [1.807, 2.05) is 0 Å². The van der Waals surface area contributed by atoms with Crippen molar-refractivity contribution in [3.05, 3.63) is 119 Å². The predicted octanol–water partition coefficient (Wildman–Crippen LogP) is 13.7. The van der Waals surface area contributed by atoms with Gasteiger partial charge in [-0.15, -0.1) is 20.5 Å². The second kappa shape index (κ2) is 32.8. The van der Waals surface area contributed by atoms with Crippen LogP contribution in [0.25, 0.3) is 0 Å². The first-order valence-electron chi connectivity index (χ1n) is 27.6. The minimum Gasteiger partial charge on any atom is -0.493 e. The molecule has 0 aliphatic rings. The van der Waals surface area contributed by atoms with Gasteiger partial charge in [0, 0.05) is 35.6 Å². The first-order chi connectivity index (χ1) is 42.5. The zero-order chi connectivity index (χ0) is 65.7. The number of urea groups is 1. The van der Waals surface area contributed by atoms with Gasteiger partial charge in [0.15, 0.2) is 0 Å². The number of anilines is 2. The molecule has 0 radical (unpaired) electrons. The van der Waals surface area contributed by atoms with Crippen LogP contribution in [0.15, 0.2) is 138 Å². The van der Waals surface area contributed by atoms with Crippen molar-refractivity contribution in [2.75, 3.05) is 73.3 Å². The lowest BCUT2D eigenvalue weighted by Crippen LogP contribution is -2.19. The quantitative estimate of drug-likeness (QED) is 0.0124. The van der Waals surface area contributed by atoms with Crippen molar-refractivity contribution in [2.24, 2.45) is 40.9 Å². The summed E-state index contributed by atoms with van der Waals surface area (Å²) in [5.41, 5.74) is 6.05. The van der Waals surface area contributed by atoms with Crippen LogP contribution < -0.4 is 39.1 Å². The first-order valence-corrected chi connectivity index (χ1v) is 34.1. The Balaban J connectivity index is 1.13. The van der Waals surface area contributed by atoms with Crippen LogP contribution in [0.2, 0.25) is 0 Å². The number of rotatable bonds is 34. The summed E-state index contributed by atoms with van der Waals surface area (Å²) in [4.78, 5) is 13.3. The summed E-state index contributed by atoms with van der Waals surface area (Å²) in [7, 11) is -16.8. The molecule has 0 bridgehead atoms. The maximum atomic E-state index is 13.3. The summed E-state index contributed by atoms with van der Waals surface area (Å²) in [5, 5.41) is 41.0. The third-order valence-corrected chi connectivity index (χ3v) is 15.4. The van der Waals surface area contributed by atoms with Gasteiger partial charge in [-0.05, 0) is 162 Å². The summed E-state index contributed by atoms with van der Waals surface area (Å²) in [6.45, 7) is 10.9. The minimum absolute atomic E-state index is 0.0172. The van der Waals surface area contributed by atoms with Gasteiger partial charge in [0.25, 0.3) is 40.5 Å². The molecule has 0 fully saturated rings. The normalized spacial score (nSPS) is 12.3. The fraction of sp³-hybridized carbons (Fsp3) is 0.351. The molecule has 0 aliphatic heterocycles. The molecule has 6 N–H and O–H groups in total. The highest BCUT2D eigenvalue weighted by Gasteiger charge is 2.17. The number of azo groups is 4. The van der Waals surface area contributed by atoms with Gasteiger partial charge in [-0.25, -0.2) is 4.79 Å². The first kappa shape index (κ1) is 70.5. The lowest BCUT2D eigenvalue weighted by Gasteiger charge is -2.12. The molecule has 0 saturated heterocycles. The monoisotopic (exact) mass is 1320 g/mol. The average molecular weight is 1330 g/mol. The van der Waals surface area contributed by atoms with Crippen molar-refractivity contribution in [3.63, 3.8) is 0 Å². The van der Waals surface area contributed by atoms with Crippen LogP contribution in [0.3, 0.4) is 0 Å². The van der Waals surface area contributed by atoms with Crippen LogP contribution in [-0.4, -0.2) is 121 Å². The second-order valence-electron chi connectivity index (χ2n) is 19.7. The molecule has 2 amide bonds. The number of hydrogen-bond acceptors (Lipinski definition) is 23. The number of hydrogen-bond donors (Lipinski definition) is 6. The van der Waals surface area contributed by atoms with Gasteiger partial charge < -0.3 is 39.1 Å². The van der Waals surface area contributed by atoms with Crippen LogP contribution >= 0.6 is 0 Å². The molecule has 0 aliphatic carbocycles. The molecule has 0 heterocycles. The van der Waals surface area contributed by atoms with E-state index >= 15 is 0 Å². The molecular formula is C57H68N10O19S4. The van der Waals surface area contributed by atoms with Gasteiger partial charge in [0.2, 0.25) is 0 Å². The summed E-state index contributed by atoms with van der Waals surface area (Å²) < 4.78 is 161. The molecule has 0 spiro atoms. The molecule has 6 aromatic carbocycles. The fourth-order valence-electron chi connectivity index (χ4n) is 7.93. The van der Waals surface area contributed by atoms with Gasteiger partial charge in [-0.1, -0.05) is 0 Å². The van der Waals surface area contributed by atoms with E-state index in [9.17, 15) is 47.6 Å². The van der Waals surface area contributed by atoms with Crippen LogP contribution in [0, 0.1) is 27.7 Å². The summed E-state index contributed by atoms with van der Waals surface area (Å²) in [5.74, 6) is -0.281. The maximum absolute atomic E-state index is 13.3. The Morgan fingerprint density at radius 3 is 0.978 bits per heavy atom. The smallest absolute Gasteiger partial charge is 0.323 e. The second-order valence-corrected chi connectivity index (χ2v) is 26.0. The topological polar surface area (TPSA) is 413 Å². The number of ether oxygens (including phenoxy) is 6. The largest absolute Gasteiger partial charge is 0.493 e. The molecular weight excluding hydrogens is 1260 g/mol. The van der Waals surface area contributed by atoms with Gasteiger partial charge in [-0.3, -0.25) is 18.2 Å². The Morgan fingerprint density at radius 1 is 0.356 bits per heavy atom. The molecule has 0 unspecified atom stereocenters. The molecule has 33 heteroatoms. The van der Waals surface area contributed by atoms with Crippen LogP contribution in [-0.2, 0) is 40.5 Å². The Bertz CT molecular complexity index is 3850. The van der Waals surface area contributed by atoms with Crippen molar-refractivity contribution in [2.45, 2.75) is 67.2 Å². The minimum atomic E-state index is -4.26. The van der Waals surface area contributed by atoms with E-state index in [-0.39, 0.29) is 88.2 Å². The van der Waals surface area contributed by atoms with Crippen LogP contribution in [0.1, 0.15) is 61.8 Å². The maximum Gasteiger partial charge on any atom is 0.323 e. The predicted molar refractivity (Wildman–Crippen MR) is 335 cm³/mol. The Morgan fingerprint density at radius 2 is 0.644 bits per heavy atom. The van der Waals surface area contributed by atoms with E-state index in [2.05, 4.69) is 51.5 Å². The third-order valence-electron chi connectivity index (χ3n) is 12.2. The van der Waals surface area contributed by atoms with Crippen molar-refractivity contribution in [1.29, 1.82) is 0 Å². The van der Waals surface area contributed by atoms with Crippen molar-refractivity contribution >= 4 is 103 Å². The van der Waals surface area contributed by atoms with Crippen molar-refractivity contribution in [1.82, 2.24) is 0 Å². The third kappa shape index (κ3) is 24.4. The number of carbonyl (C=O) groups excluding carboxylic acids is 1. The van der Waals surface area contributed by atoms with E-state index in [4.69, 9.17) is 37.5 Å². The summed E-state index contributed by atoms with van der Waals surface area (Å²) >= 11 is 0. The Kier molecular flexibility index (Phi) is 25.7. The van der Waals surface area contributed by atoms with Gasteiger partial charge in [0.05, 0.1) is 85.4 Å². The van der Waals surface area contributed by atoms with Crippen LogP contribution in [0.5, 0.6) is 34.5 Å². The standard InChI is InChI=1S/C57H68N10O19S4/c1-7-81-53-33-43(83-21-9-25-87(69,70)71)15-19-47(53)62-64-49-35-55(85-23-11-27-89(75,76)77)51(31-39(49)5)66-60-45-17-13-41(29-37(45)3)58-57(68)59-42-14-18-46(38(4)30-42)61-67-52-32-40(6)50(36-56(52)86-24-12-28-90(78,79)80)65-63-48-20-16-44(34-54(48)82-8-2)84-22-10-26-88(72,73)74/h13-20,29-36H,7-12,21-28H2,1-6H3,(H2,58,59,68)(H,69,70,71)(H,72,73,74)(H,75,76,77)(H,78,79,80). The van der Waals surface area contributed by atoms with E-state index in [1.54, 1.807) is 139 Å². The van der Waals surface area contributed by atoms with Crippen molar-refractivity contribution < 1.29 is 85.1 Å². The zero-order valence-corrected chi connectivity index (χ0v) is 53.0. The molecule has 6 rings (SSSR count). The highest BCUT2D eigenvalue weighted by Crippen LogP contribution is 2.41. The molecule has 29 nitrogen and oxygen atoms in total. The van der Waals surface area contributed by atoms with Gasteiger partial charge >= 0.3 is 6.03 Å². The van der Waals surface area contributed by atoms with E-state index < -0.39 is 69.5 Å². The van der Waals surface area contributed by atoms with E-state index in [0.29, 0.717) is 90.8 Å². The van der Waals surface area contributed by atoms with Crippen molar-refractivity contribution in [3.8, 4) is 34.5 Å². The van der Waals surface area contributed by atoms with Gasteiger partial charge in [0.1, 0.15) is 57.2 Å². The molecule has 0 saturated carbocycles. The van der Waals surface area contributed by atoms with Crippen LogP contribution in [0.4, 0.5) is 61.7 Å². The Labute approximate surface area is 521 Å². The van der Waals surface area contributed by atoms with Gasteiger partial charge in [-0.2, -0.15) is 54.1 Å². The number of amides is 2. The highest BCUT2D eigenvalue weighted by molar-refractivity contribution is 7.86. The lowest BCUT2D eigenvalue weighted by molar-refractivity contribution is 0.262. The number of carbonyl (C=O) groups is 1. The number of nitrogens with zero attached hydrogens (tertiary/aromatic N) is 8. The zero-order valence-electron chi connectivity index (χ0n) is 49.8. The molecule has 0 aromatic heterocycles. The lowest BCUT2D eigenvalue weighted by atomic mass is 10.1. The fourth-order valence-corrected chi connectivity index (χ4v) is 9.86. The summed E-state index contributed by atoms with van der Waals surface area (Å²) in [6.07, 6.45) is 0.0216. The average Bonchev–Trinajstić information content (AvgIpc) is 1.37. The molecule has 90 heavy (non-hydrogen) atoms. The number of nitrogens with one attached hydrogen (secondary N) is 2. The molecule has 6 aromatic rings. The van der Waals surface area contributed by atoms with E-state index in [1.165, 1.54) is 0 Å². The number of aryl methyl sites for hydroxylation is 4. The summed E-state index contributed by atoms with van der Waals surface area (Å²) in [6, 6.07) is 25.2. The Hall–Kier alpha value is -8.57. The van der Waals surface area contributed by atoms with E-state index in [0.717, 1.165) is 0 Å². The molecule has 0 atom stereocenters. The molecule has 484 valence electrons.